The molecule has 2 aliphatic rings. The molecule has 0 fully saturated rings. The van der Waals surface area contributed by atoms with E-state index in [4.69, 9.17) is 4.42 Å². The quantitative estimate of drug-likeness (QED) is 0.125. The monoisotopic (exact) mass is 858 g/mol. The molecule has 0 bridgehead atoms. The lowest BCUT2D eigenvalue weighted by Gasteiger charge is -2.32. The second kappa shape index (κ2) is 13.2. The zero-order valence-electron chi connectivity index (χ0n) is 36.8. The van der Waals surface area contributed by atoms with E-state index >= 15 is 0 Å². The molecule has 1 aromatic heterocycles. The van der Waals surface area contributed by atoms with Crippen LogP contribution in [0, 0.1) is 0 Å². The van der Waals surface area contributed by atoms with Crippen molar-refractivity contribution in [3.05, 3.63) is 253 Å². The summed E-state index contributed by atoms with van der Waals surface area (Å²) in [4.78, 5) is 0. The highest BCUT2D eigenvalue weighted by molar-refractivity contribution is 6.25. The molecule has 0 N–H and O–H groups in total. The van der Waals surface area contributed by atoms with E-state index in [-0.39, 0.29) is 0 Å². The summed E-state index contributed by atoms with van der Waals surface area (Å²) in [5.41, 5.74) is 17.0. The first-order valence-electron chi connectivity index (χ1n) is 23.7. The van der Waals surface area contributed by atoms with Gasteiger partial charge < -0.3 is 4.42 Å². The van der Waals surface area contributed by atoms with E-state index in [1.54, 1.807) is 0 Å². The molecule has 14 aromatic rings. The molecule has 16 rings (SSSR count). The van der Waals surface area contributed by atoms with Crippen LogP contribution < -0.4 is 0 Å². The summed E-state index contributed by atoms with van der Waals surface area (Å²) in [6, 6.07) is 86.5. The molecule has 0 aliphatic heterocycles. The van der Waals surface area contributed by atoms with Crippen LogP contribution in [0.5, 0.6) is 0 Å². The lowest BCUT2D eigenvalue weighted by atomic mass is 9.69. The fourth-order valence-electron chi connectivity index (χ4n) is 13.2. The van der Waals surface area contributed by atoms with Crippen LogP contribution in [0.4, 0.5) is 0 Å². The Morgan fingerprint density at radius 1 is 0.265 bits per heavy atom. The van der Waals surface area contributed by atoms with Crippen molar-refractivity contribution in [3.8, 4) is 44.5 Å². The summed E-state index contributed by atoms with van der Waals surface area (Å²) in [5, 5.41) is 17.4. The Bertz CT molecular complexity index is 4460. The minimum absolute atomic E-state index is 0.500. The smallest absolute Gasteiger partial charge is 0.136 e. The predicted octanol–water partition coefficient (Wildman–Crippen LogP) is 18.2. The van der Waals surface area contributed by atoms with Gasteiger partial charge in [-0.25, -0.2) is 0 Å². The second-order valence-electron chi connectivity index (χ2n) is 19.0. The first-order valence-corrected chi connectivity index (χ1v) is 23.7. The van der Waals surface area contributed by atoms with E-state index in [0.717, 1.165) is 16.6 Å². The summed E-state index contributed by atoms with van der Waals surface area (Å²) in [6.07, 6.45) is 0. The predicted molar refractivity (Wildman–Crippen MR) is 286 cm³/mol. The van der Waals surface area contributed by atoms with Crippen LogP contribution in [-0.2, 0) is 5.41 Å². The van der Waals surface area contributed by atoms with Gasteiger partial charge in [-0.15, -0.1) is 0 Å². The lowest BCUT2D eigenvalue weighted by molar-refractivity contribution is 0.669. The summed E-state index contributed by atoms with van der Waals surface area (Å²) in [6.45, 7) is 0. The fourth-order valence-corrected chi connectivity index (χ4v) is 13.2. The van der Waals surface area contributed by atoms with E-state index in [1.807, 2.05) is 0 Å². The average molecular weight is 859 g/mol. The van der Waals surface area contributed by atoms with E-state index in [0.29, 0.717) is 0 Å². The number of fused-ring (bicyclic) bond motifs is 23. The normalized spacial score (nSPS) is 13.4. The minimum atomic E-state index is -0.500. The lowest BCUT2D eigenvalue weighted by Crippen LogP contribution is -2.26. The van der Waals surface area contributed by atoms with Gasteiger partial charge >= 0.3 is 0 Å². The topological polar surface area (TPSA) is 13.1 Å². The van der Waals surface area contributed by atoms with Gasteiger partial charge in [0.05, 0.1) is 5.41 Å². The van der Waals surface area contributed by atoms with Gasteiger partial charge in [-0.2, -0.15) is 0 Å². The summed E-state index contributed by atoms with van der Waals surface area (Å²) >= 11 is 0. The Hall–Kier alpha value is -8.78. The molecule has 2 aliphatic carbocycles. The number of hydrogen-bond acceptors (Lipinski definition) is 1. The highest BCUT2D eigenvalue weighted by Crippen LogP contribution is 2.66. The first kappa shape index (κ1) is 36.4. The molecule has 1 heterocycles. The van der Waals surface area contributed by atoms with Crippen LogP contribution in [0.15, 0.2) is 235 Å². The summed E-state index contributed by atoms with van der Waals surface area (Å²) in [5.74, 6) is 0. The molecule has 312 valence electrons. The van der Waals surface area contributed by atoms with Gasteiger partial charge in [0.1, 0.15) is 11.2 Å². The van der Waals surface area contributed by atoms with Gasteiger partial charge in [0.2, 0.25) is 0 Å². The van der Waals surface area contributed by atoms with Crippen molar-refractivity contribution in [2.75, 3.05) is 0 Å². The van der Waals surface area contributed by atoms with E-state index in [1.165, 1.54) is 137 Å². The fraction of sp³-hybridized carbons (Fsp3) is 0.0149. The molecule has 0 saturated carbocycles. The third-order valence-electron chi connectivity index (χ3n) is 15.8. The van der Waals surface area contributed by atoms with Crippen LogP contribution >= 0.6 is 0 Å². The number of rotatable bonds is 2. The Balaban J connectivity index is 0.971. The van der Waals surface area contributed by atoms with Crippen LogP contribution in [0.1, 0.15) is 22.3 Å². The third kappa shape index (κ3) is 4.56. The zero-order valence-corrected chi connectivity index (χ0v) is 36.8. The van der Waals surface area contributed by atoms with Gasteiger partial charge in [-0.05, 0) is 168 Å². The van der Waals surface area contributed by atoms with Crippen LogP contribution in [0.25, 0.3) is 131 Å². The van der Waals surface area contributed by atoms with Gasteiger partial charge in [0.15, 0.2) is 0 Å². The Labute approximate surface area is 391 Å². The molecule has 1 spiro atoms. The van der Waals surface area contributed by atoms with Crippen LogP contribution in [0.2, 0.25) is 0 Å². The molecule has 1 nitrogen and oxygen atoms in total. The van der Waals surface area contributed by atoms with E-state index < -0.39 is 5.41 Å². The maximum Gasteiger partial charge on any atom is 0.136 e. The van der Waals surface area contributed by atoms with Gasteiger partial charge in [-0.1, -0.05) is 194 Å². The Kier molecular flexibility index (Phi) is 7.07. The molecule has 0 unspecified atom stereocenters. The highest BCUT2D eigenvalue weighted by atomic mass is 16.3. The van der Waals surface area contributed by atoms with Gasteiger partial charge in [0, 0.05) is 10.8 Å². The maximum absolute atomic E-state index is 6.49. The summed E-state index contributed by atoms with van der Waals surface area (Å²) < 4.78 is 6.49. The standard InChI is InChI=1S/C67H38O/c1-2-16-44-39(15-1)31-34-61-64(44)56-37-42(32-33-60(56)68-61)63-52-24-8-6-22-50(52)62(51-23-7-9-25-53(51)63)41-30-29-40-36-55-59(38-43(40)35-41)67(57-27-13-11-19-47(57)48-20-12-14-28-58(48)67)66-54-26-10-4-18-46(54)45-17-3-5-21-49(45)65(55)66/h1-38H. The van der Waals surface area contributed by atoms with Crippen molar-refractivity contribution < 1.29 is 4.42 Å². The number of hydrogen-bond donors (Lipinski definition) is 0. The van der Waals surface area contributed by atoms with Crippen molar-refractivity contribution in [3.63, 3.8) is 0 Å². The molecule has 68 heavy (non-hydrogen) atoms. The van der Waals surface area contributed by atoms with Crippen molar-refractivity contribution in [2.24, 2.45) is 0 Å². The zero-order chi connectivity index (χ0) is 44.2. The minimum Gasteiger partial charge on any atom is -0.456 e. The van der Waals surface area contributed by atoms with Crippen LogP contribution in [0.3, 0.4) is 0 Å². The molecule has 1 heteroatoms. The average Bonchev–Trinajstić information content (AvgIpc) is 4.03. The number of benzene rings is 13. The molecular formula is C67H38O. The van der Waals surface area contributed by atoms with Gasteiger partial charge in [-0.3, -0.25) is 0 Å². The van der Waals surface area contributed by atoms with Gasteiger partial charge in [0.25, 0.3) is 0 Å². The van der Waals surface area contributed by atoms with Crippen molar-refractivity contribution in [2.45, 2.75) is 5.41 Å². The molecule has 13 aromatic carbocycles. The Morgan fingerprint density at radius 2 is 0.750 bits per heavy atom. The van der Waals surface area contributed by atoms with E-state index in [2.05, 4.69) is 231 Å². The summed E-state index contributed by atoms with van der Waals surface area (Å²) in [7, 11) is 0. The van der Waals surface area contributed by atoms with Crippen molar-refractivity contribution in [1.29, 1.82) is 0 Å². The van der Waals surface area contributed by atoms with Crippen LogP contribution in [-0.4, -0.2) is 0 Å². The highest BCUT2D eigenvalue weighted by Gasteiger charge is 2.53. The molecular weight excluding hydrogens is 821 g/mol. The largest absolute Gasteiger partial charge is 0.456 e. The van der Waals surface area contributed by atoms with E-state index in [9.17, 15) is 0 Å². The maximum atomic E-state index is 6.49. The third-order valence-corrected chi connectivity index (χ3v) is 15.8. The SMILES string of the molecule is c1ccc2c(c1)-c1ccccc1C21c2cc3cc(-c4c5ccccc5c(-c5ccc6oc7ccc8ccccc8c7c6c5)c5ccccc45)ccc3cc2-c2c1c1ccccc1c1ccccc21. The van der Waals surface area contributed by atoms with Crippen molar-refractivity contribution >= 4 is 86.6 Å². The molecule has 0 atom stereocenters. The first-order chi connectivity index (χ1) is 33.7. The molecule has 0 saturated heterocycles. The number of furan rings is 1. The molecule has 0 radical (unpaired) electrons. The second-order valence-corrected chi connectivity index (χ2v) is 19.0. The molecule has 0 amide bonds. The van der Waals surface area contributed by atoms with Crippen molar-refractivity contribution in [1.82, 2.24) is 0 Å². The Morgan fingerprint density at radius 3 is 1.41 bits per heavy atom.